The number of aromatic nitrogens is 2. The Morgan fingerprint density at radius 2 is 1.81 bits per heavy atom. The monoisotopic (exact) mass is 429 g/mol. The Morgan fingerprint density at radius 1 is 1.06 bits per heavy atom. The summed E-state index contributed by atoms with van der Waals surface area (Å²) in [5.41, 5.74) is 4.60. The van der Waals surface area contributed by atoms with E-state index in [4.69, 9.17) is 4.98 Å². The van der Waals surface area contributed by atoms with Gasteiger partial charge in [-0.1, -0.05) is 48.9 Å². The summed E-state index contributed by atoms with van der Waals surface area (Å²) in [5.74, 6) is 1.49. The first-order chi connectivity index (χ1) is 15.6. The number of piperidine rings is 1. The van der Waals surface area contributed by atoms with Crippen LogP contribution in [-0.4, -0.2) is 29.0 Å². The average molecular weight is 430 g/mol. The fourth-order valence-corrected chi connectivity index (χ4v) is 3.98. The third-order valence-corrected chi connectivity index (χ3v) is 5.96. The van der Waals surface area contributed by atoms with Crippen LogP contribution in [0.2, 0.25) is 0 Å². The summed E-state index contributed by atoms with van der Waals surface area (Å²) in [6.07, 6.45) is 4.65. The average Bonchev–Trinajstić information content (AvgIpc) is 2.84. The van der Waals surface area contributed by atoms with Crippen molar-refractivity contribution in [2.24, 2.45) is 5.92 Å². The van der Waals surface area contributed by atoms with Gasteiger partial charge in [0.05, 0.1) is 5.92 Å². The molecule has 0 unspecified atom stereocenters. The van der Waals surface area contributed by atoms with Crippen molar-refractivity contribution in [1.29, 1.82) is 0 Å². The van der Waals surface area contributed by atoms with E-state index in [0.29, 0.717) is 19.0 Å². The molecule has 2 aromatic carbocycles. The number of hydrogen-bond donors (Lipinski definition) is 2. The van der Waals surface area contributed by atoms with Gasteiger partial charge in [-0.3, -0.25) is 4.79 Å². The lowest BCUT2D eigenvalue weighted by Crippen LogP contribution is -2.43. The number of anilines is 3. The first kappa shape index (κ1) is 21.8. The van der Waals surface area contributed by atoms with Gasteiger partial charge in [-0.2, -0.15) is 4.98 Å². The molecule has 32 heavy (non-hydrogen) atoms. The van der Waals surface area contributed by atoms with E-state index in [1.807, 2.05) is 18.2 Å². The Kier molecular flexibility index (Phi) is 7.00. The highest BCUT2D eigenvalue weighted by atomic mass is 16.1. The number of carbonyl (C=O) groups excluding carboxylic acids is 1. The van der Waals surface area contributed by atoms with Crippen molar-refractivity contribution >= 4 is 23.4 Å². The topological polar surface area (TPSA) is 70.2 Å². The second-order valence-corrected chi connectivity index (χ2v) is 8.40. The van der Waals surface area contributed by atoms with Crippen LogP contribution in [0.3, 0.4) is 0 Å². The van der Waals surface area contributed by atoms with Crippen LogP contribution in [-0.2, 0) is 17.8 Å². The van der Waals surface area contributed by atoms with Crippen molar-refractivity contribution in [3.05, 3.63) is 77.5 Å². The van der Waals surface area contributed by atoms with Crippen molar-refractivity contribution in [2.75, 3.05) is 23.3 Å². The molecule has 6 nitrogen and oxygen atoms in total. The maximum atomic E-state index is 12.8. The highest BCUT2D eigenvalue weighted by molar-refractivity contribution is 5.79. The molecule has 4 rings (SSSR count). The summed E-state index contributed by atoms with van der Waals surface area (Å²) in [7, 11) is 0. The molecule has 166 valence electrons. The normalized spacial score (nSPS) is 15.9. The number of carbonyl (C=O) groups is 1. The number of nitrogens with zero attached hydrogens (tertiary/aromatic N) is 3. The molecule has 1 aromatic heterocycles. The van der Waals surface area contributed by atoms with Crippen LogP contribution >= 0.6 is 0 Å². The SMILES string of the molecule is CCc1ccc(Nc2nccc(N3CCC[C@H](C(=O)NCc4ccc(C)cc4)C3)n2)cc1. The van der Waals surface area contributed by atoms with Crippen molar-refractivity contribution < 1.29 is 4.79 Å². The zero-order valence-corrected chi connectivity index (χ0v) is 18.8. The van der Waals surface area contributed by atoms with E-state index in [-0.39, 0.29) is 11.8 Å². The Hall–Kier alpha value is -3.41. The van der Waals surface area contributed by atoms with Gasteiger partial charge in [-0.15, -0.1) is 0 Å². The van der Waals surface area contributed by atoms with Crippen LogP contribution in [0.15, 0.2) is 60.8 Å². The van der Waals surface area contributed by atoms with Crippen molar-refractivity contribution in [1.82, 2.24) is 15.3 Å². The van der Waals surface area contributed by atoms with Gasteiger partial charge in [0.25, 0.3) is 0 Å². The molecule has 6 heteroatoms. The summed E-state index contributed by atoms with van der Waals surface area (Å²) >= 11 is 0. The Labute approximate surface area is 190 Å². The molecule has 1 atom stereocenters. The minimum atomic E-state index is -0.0397. The molecule has 2 heterocycles. The van der Waals surface area contributed by atoms with E-state index in [0.717, 1.165) is 42.9 Å². The van der Waals surface area contributed by atoms with E-state index in [9.17, 15) is 4.79 Å². The van der Waals surface area contributed by atoms with Gasteiger partial charge in [0.2, 0.25) is 11.9 Å². The predicted octanol–water partition coefficient (Wildman–Crippen LogP) is 4.62. The molecule has 0 spiro atoms. The molecule has 0 bridgehead atoms. The number of benzene rings is 2. The summed E-state index contributed by atoms with van der Waals surface area (Å²) in [5, 5.41) is 6.39. The molecular weight excluding hydrogens is 398 g/mol. The lowest BCUT2D eigenvalue weighted by atomic mass is 9.97. The quantitative estimate of drug-likeness (QED) is 0.573. The van der Waals surface area contributed by atoms with Gasteiger partial charge in [0, 0.05) is 31.5 Å². The minimum Gasteiger partial charge on any atom is -0.356 e. The molecule has 1 saturated heterocycles. The minimum absolute atomic E-state index is 0.0397. The van der Waals surface area contributed by atoms with Gasteiger partial charge in [0.1, 0.15) is 5.82 Å². The van der Waals surface area contributed by atoms with Crippen LogP contribution in [0, 0.1) is 12.8 Å². The zero-order valence-electron chi connectivity index (χ0n) is 18.8. The maximum Gasteiger partial charge on any atom is 0.229 e. The van der Waals surface area contributed by atoms with Crippen molar-refractivity contribution in [3.8, 4) is 0 Å². The van der Waals surface area contributed by atoms with Crippen LogP contribution < -0.4 is 15.5 Å². The van der Waals surface area contributed by atoms with E-state index in [1.54, 1.807) is 6.20 Å². The predicted molar refractivity (Wildman–Crippen MR) is 129 cm³/mol. The molecule has 0 radical (unpaired) electrons. The lowest BCUT2D eigenvalue weighted by Gasteiger charge is -2.33. The first-order valence-corrected chi connectivity index (χ1v) is 11.4. The largest absolute Gasteiger partial charge is 0.356 e. The fourth-order valence-electron chi connectivity index (χ4n) is 3.98. The summed E-state index contributed by atoms with van der Waals surface area (Å²) in [4.78, 5) is 24.0. The molecule has 3 aromatic rings. The Bertz CT molecular complexity index is 1030. The molecule has 1 fully saturated rings. The number of hydrogen-bond acceptors (Lipinski definition) is 5. The van der Waals surface area contributed by atoms with Gasteiger partial charge in [-0.25, -0.2) is 4.98 Å². The van der Waals surface area contributed by atoms with Gasteiger partial charge < -0.3 is 15.5 Å². The molecule has 1 amide bonds. The number of amides is 1. The standard InChI is InChI=1S/C26H31N5O/c1-3-20-10-12-23(13-11-20)29-26-27-15-14-24(30-26)31-16-4-5-22(18-31)25(32)28-17-21-8-6-19(2)7-9-21/h6-15,22H,3-5,16-18H2,1-2H3,(H,28,32)(H,27,29,30)/t22-/m0/s1. The highest BCUT2D eigenvalue weighted by Gasteiger charge is 2.26. The van der Waals surface area contributed by atoms with Crippen molar-refractivity contribution in [2.45, 2.75) is 39.7 Å². The molecule has 0 aliphatic carbocycles. The van der Waals surface area contributed by atoms with E-state index >= 15 is 0 Å². The van der Waals surface area contributed by atoms with Gasteiger partial charge in [-0.05, 0) is 55.5 Å². The maximum absolute atomic E-state index is 12.8. The molecule has 1 aliphatic rings. The summed E-state index contributed by atoms with van der Waals surface area (Å²) in [6.45, 7) is 6.33. The van der Waals surface area contributed by atoms with Crippen molar-refractivity contribution in [3.63, 3.8) is 0 Å². The highest BCUT2D eigenvalue weighted by Crippen LogP contribution is 2.23. The zero-order chi connectivity index (χ0) is 22.3. The molecule has 1 aliphatic heterocycles. The first-order valence-electron chi connectivity index (χ1n) is 11.4. The fraction of sp³-hybridized carbons (Fsp3) is 0.346. The smallest absolute Gasteiger partial charge is 0.229 e. The third-order valence-electron chi connectivity index (χ3n) is 5.96. The summed E-state index contributed by atoms with van der Waals surface area (Å²) in [6, 6.07) is 18.5. The number of aryl methyl sites for hydroxylation is 2. The van der Waals surface area contributed by atoms with E-state index in [2.05, 4.69) is 70.8 Å². The molecular formula is C26H31N5O. The number of nitrogens with one attached hydrogen (secondary N) is 2. The molecule has 0 saturated carbocycles. The van der Waals surface area contributed by atoms with Gasteiger partial charge >= 0.3 is 0 Å². The van der Waals surface area contributed by atoms with E-state index in [1.165, 1.54) is 11.1 Å². The van der Waals surface area contributed by atoms with E-state index < -0.39 is 0 Å². The number of rotatable bonds is 7. The van der Waals surface area contributed by atoms with Crippen LogP contribution in [0.4, 0.5) is 17.5 Å². The Morgan fingerprint density at radius 3 is 2.56 bits per heavy atom. The third kappa shape index (κ3) is 5.63. The lowest BCUT2D eigenvalue weighted by molar-refractivity contribution is -0.125. The second-order valence-electron chi connectivity index (χ2n) is 8.40. The van der Waals surface area contributed by atoms with Crippen LogP contribution in [0.25, 0.3) is 0 Å². The second kappa shape index (κ2) is 10.3. The Balaban J connectivity index is 1.36. The van der Waals surface area contributed by atoms with Gasteiger partial charge in [0.15, 0.2) is 0 Å². The van der Waals surface area contributed by atoms with Crippen LogP contribution in [0.5, 0.6) is 0 Å². The van der Waals surface area contributed by atoms with Crippen LogP contribution in [0.1, 0.15) is 36.5 Å². The summed E-state index contributed by atoms with van der Waals surface area (Å²) < 4.78 is 0. The molecule has 2 N–H and O–H groups in total.